The van der Waals surface area contributed by atoms with Gasteiger partial charge in [0.25, 0.3) is 11.1 Å². The van der Waals surface area contributed by atoms with Crippen LogP contribution >= 0.6 is 23.1 Å². The van der Waals surface area contributed by atoms with Gasteiger partial charge in [-0.2, -0.15) is 0 Å². The number of nitrogens with zero attached hydrogens (tertiary/aromatic N) is 2. The summed E-state index contributed by atoms with van der Waals surface area (Å²) in [5, 5.41) is 13.1. The minimum atomic E-state index is -0.521. The van der Waals surface area contributed by atoms with Gasteiger partial charge in [0.2, 0.25) is 5.91 Å². The standard InChI is InChI=1S/C22H19N3O2S2/c1-14-10-11-15(2)17(13-14)23-20(26)19(16-7-4-3-5-8-16)29-22-25-24-21(27-22)18-9-6-12-28-18/h3-13,19H,1-2H3,(H,23,26)/t19-/m1/s1. The average molecular weight is 422 g/mol. The molecule has 2 aromatic heterocycles. The van der Waals surface area contributed by atoms with Crippen LogP contribution in [0.2, 0.25) is 0 Å². The smallest absolute Gasteiger partial charge is 0.278 e. The first-order chi connectivity index (χ1) is 14.1. The Morgan fingerprint density at radius 2 is 1.90 bits per heavy atom. The van der Waals surface area contributed by atoms with E-state index in [0.717, 1.165) is 27.3 Å². The monoisotopic (exact) mass is 421 g/mol. The summed E-state index contributed by atoms with van der Waals surface area (Å²) in [5.74, 6) is 0.329. The fraction of sp³-hybridized carbons (Fsp3) is 0.136. The number of benzene rings is 2. The van der Waals surface area contributed by atoms with Crippen LogP contribution in [0, 0.1) is 13.8 Å². The van der Waals surface area contributed by atoms with E-state index < -0.39 is 5.25 Å². The van der Waals surface area contributed by atoms with Gasteiger partial charge in [0.1, 0.15) is 5.25 Å². The summed E-state index contributed by atoms with van der Waals surface area (Å²) in [4.78, 5) is 14.1. The second-order valence-electron chi connectivity index (χ2n) is 6.57. The highest BCUT2D eigenvalue weighted by molar-refractivity contribution is 8.00. The molecule has 0 fully saturated rings. The lowest BCUT2D eigenvalue weighted by Gasteiger charge is -2.16. The fourth-order valence-corrected chi connectivity index (χ4v) is 4.35. The molecule has 1 amide bonds. The highest BCUT2D eigenvalue weighted by Gasteiger charge is 2.25. The average Bonchev–Trinajstić information content (AvgIpc) is 3.41. The van der Waals surface area contributed by atoms with Crippen LogP contribution in [0.4, 0.5) is 5.69 Å². The topological polar surface area (TPSA) is 68.0 Å². The summed E-state index contributed by atoms with van der Waals surface area (Å²) >= 11 is 2.78. The summed E-state index contributed by atoms with van der Waals surface area (Å²) in [6.45, 7) is 3.98. The third-order valence-corrected chi connectivity index (χ3v) is 6.29. The normalized spacial score (nSPS) is 11.9. The van der Waals surface area contributed by atoms with Crippen molar-refractivity contribution in [1.29, 1.82) is 0 Å². The SMILES string of the molecule is Cc1ccc(C)c(NC(=O)[C@H](Sc2nnc(-c3cccs3)o2)c2ccccc2)c1. The summed E-state index contributed by atoms with van der Waals surface area (Å²) < 4.78 is 5.79. The summed E-state index contributed by atoms with van der Waals surface area (Å²) in [6, 6.07) is 19.5. The second-order valence-corrected chi connectivity index (χ2v) is 8.57. The second kappa shape index (κ2) is 8.63. The molecule has 4 aromatic rings. The van der Waals surface area contributed by atoms with E-state index in [9.17, 15) is 4.79 Å². The van der Waals surface area contributed by atoms with Crippen LogP contribution in [0.1, 0.15) is 21.9 Å². The maximum atomic E-state index is 13.2. The number of carbonyl (C=O) groups is 1. The molecule has 0 aliphatic heterocycles. The Labute approximate surface area is 177 Å². The van der Waals surface area contributed by atoms with Crippen molar-refractivity contribution in [2.75, 3.05) is 5.32 Å². The van der Waals surface area contributed by atoms with Crippen molar-refractivity contribution >= 4 is 34.7 Å². The Kier molecular flexibility index (Phi) is 5.78. The molecular formula is C22H19N3O2S2. The van der Waals surface area contributed by atoms with Crippen molar-refractivity contribution in [2.24, 2.45) is 0 Å². The largest absolute Gasteiger partial charge is 0.410 e. The van der Waals surface area contributed by atoms with Crippen molar-refractivity contribution in [3.63, 3.8) is 0 Å². The van der Waals surface area contributed by atoms with E-state index >= 15 is 0 Å². The van der Waals surface area contributed by atoms with E-state index in [0.29, 0.717) is 11.1 Å². The summed E-state index contributed by atoms with van der Waals surface area (Å²) in [6.07, 6.45) is 0. The number of aromatic nitrogens is 2. The van der Waals surface area contributed by atoms with E-state index in [2.05, 4.69) is 15.5 Å². The zero-order valence-electron chi connectivity index (χ0n) is 16.0. The number of thioether (sulfide) groups is 1. The summed E-state index contributed by atoms with van der Waals surface area (Å²) in [7, 11) is 0. The maximum Gasteiger partial charge on any atom is 0.278 e. The Bertz CT molecular complexity index is 1110. The maximum absolute atomic E-state index is 13.2. The molecule has 0 aliphatic rings. The zero-order valence-corrected chi connectivity index (χ0v) is 17.6. The highest BCUT2D eigenvalue weighted by atomic mass is 32.2. The molecule has 2 aromatic carbocycles. The zero-order chi connectivity index (χ0) is 20.2. The van der Waals surface area contributed by atoms with Gasteiger partial charge in [0.15, 0.2) is 0 Å². The Hall–Kier alpha value is -2.90. The number of anilines is 1. The number of carbonyl (C=O) groups excluding carboxylic acids is 1. The van der Waals surface area contributed by atoms with Gasteiger partial charge >= 0.3 is 0 Å². The molecule has 0 spiro atoms. The van der Waals surface area contributed by atoms with E-state index in [1.165, 1.54) is 23.1 Å². The van der Waals surface area contributed by atoms with Crippen molar-refractivity contribution in [2.45, 2.75) is 24.3 Å². The molecule has 0 radical (unpaired) electrons. The number of rotatable bonds is 6. The lowest BCUT2D eigenvalue weighted by atomic mass is 10.1. The molecule has 0 unspecified atom stereocenters. The molecule has 0 aliphatic carbocycles. The number of aryl methyl sites for hydroxylation is 2. The third kappa shape index (κ3) is 4.58. The number of nitrogens with one attached hydrogen (secondary N) is 1. The van der Waals surface area contributed by atoms with Gasteiger partial charge in [-0.15, -0.1) is 21.5 Å². The molecule has 0 bridgehead atoms. The van der Waals surface area contributed by atoms with Crippen LogP contribution in [0.25, 0.3) is 10.8 Å². The van der Waals surface area contributed by atoms with Crippen molar-refractivity contribution in [3.05, 3.63) is 82.7 Å². The first kappa shape index (κ1) is 19.4. The first-order valence-corrected chi connectivity index (χ1v) is 10.8. The van der Waals surface area contributed by atoms with Crippen LogP contribution in [-0.4, -0.2) is 16.1 Å². The molecule has 4 rings (SSSR count). The van der Waals surface area contributed by atoms with Crippen molar-refractivity contribution in [3.8, 4) is 10.8 Å². The molecule has 0 saturated carbocycles. The molecule has 1 atom stereocenters. The minimum absolute atomic E-state index is 0.134. The van der Waals surface area contributed by atoms with Gasteiger partial charge < -0.3 is 9.73 Å². The van der Waals surface area contributed by atoms with Gasteiger partial charge in [-0.05, 0) is 59.8 Å². The molecule has 7 heteroatoms. The van der Waals surface area contributed by atoms with Crippen LogP contribution in [0.5, 0.6) is 0 Å². The Morgan fingerprint density at radius 1 is 1.07 bits per heavy atom. The molecule has 2 heterocycles. The lowest BCUT2D eigenvalue weighted by Crippen LogP contribution is -2.19. The number of hydrogen-bond donors (Lipinski definition) is 1. The van der Waals surface area contributed by atoms with Crippen LogP contribution in [0.3, 0.4) is 0 Å². The van der Waals surface area contributed by atoms with E-state index in [1.54, 1.807) is 0 Å². The highest BCUT2D eigenvalue weighted by Crippen LogP contribution is 2.37. The van der Waals surface area contributed by atoms with E-state index in [1.807, 2.05) is 79.9 Å². The molecule has 146 valence electrons. The minimum Gasteiger partial charge on any atom is -0.410 e. The molecule has 29 heavy (non-hydrogen) atoms. The van der Waals surface area contributed by atoms with Gasteiger partial charge in [0.05, 0.1) is 4.88 Å². The van der Waals surface area contributed by atoms with Gasteiger partial charge in [-0.1, -0.05) is 48.5 Å². The Morgan fingerprint density at radius 3 is 2.66 bits per heavy atom. The molecule has 0 saturated heterocycles. The van der Waals surface area contributed by atoms with Crippen molar-refractivity contribution < 1.29 is 9.21 Å². The quantitative estimate of drug-likeness (QED) is 0.393. The van der Waals surface area contributed by atoms with Crippen LogP contribution in [0.15, 0.2) is 75.7 Å². The van der Waals surface area contributed by atoms with Crippen LogP contribution < -0.4 is 5.32 Å². The van der Waals surface area contributed by atoms with Crippen LogP contribution in [-0.2, 0) is 4.79 Å². The summed E-state index contributed by atoms with van der Waals surface area (Å²) in [5.41, 5.74) is 3.78. The number of thiophene rings is 1. The van der Waals surface area contributed by atoms with E-state index in [4.69, 9.17) is 4.42 Å². The van der Waals surface area contributed by atoms with E-state index in [-0.39, 0.29) is 5.91 Å². The third-order valence-electron chi connectivity index (χ3n) is 4.35. The Balaban J connectivity index is 1.60. The lowest BCUT2D eigenvalue weighted by molar-refractivity contribution is -0.115. The number of hydrogen-bond acceptors (Lipinski definition) is 6. The molecule has 1 N–H and O–H groups in total. The van der Waals surface area contributed by atoms with Crippen molar-refractivity contribution in [1.82, 2.24) is 10.2 Å². The molecular weight excluding hydrogens is 402 g/mol. The number of amides is 1. The first-order valence-electron chi connectivity index (χ1n) is 9.07. The van der Waals surface area contributed by atoms with Gasteiger partial charge in [-0.3, -0.25) is 4.79 Å². The predicted octanol–water partition coefficient (Wildman–Crippen LogP) is 5.89. The molecule has 5 nitrogen and oxygen atoms in total. The predicted molar refractivity (Wildman–Crippen MR) is 117 cm³/mol. The fourth-order valence-electron chi connectivity index (χ4n) is 2.83. The van der Waals surface area contributed by atoms with Gasteiger partial charge in [0, 0.05) is 5.69 Å². The van der Waals surface area contributed by atoms with Gasteiger partial charge in [-0.25, -0.2) is 0 Å².